The van der Waals surface area contributed by atoms with Crippen LogP contribution in [0.15, 0.2) is 24.3 Å². The minimum absolute atomic E-state index is 0.706. The predicted octanol–water partition coefficient (Wildman–Crippen LogP) is 3.47. The Morgan fingerprint density at radius 2 is 0.875 bits per heavy atom. The molecule has 24 heavy (non-hydrogen) atoms. The quantitative estimate of drug-likeness (QED) is 0.809. The summed E-state index contributed by atoms with van der Waals surface area (Å²) in [6.07, 6.45) is 0. The molecule has 0 aliphatic heterocycles. The summed E-state index contributed by atoms with van der Waals surface area (Å²) in [6.45, 7) is 0. The van der Waals surface area contributed by atoms with Crippen molar-refractivity contribution in [3.05, 3.63) is 24.3 Å². The minimum atomic E-state index is 0.706. The van der Waals surface area contributed by atoms with Crippen LogP contribution in [0.5, 0.6) is 23.0 Å². The minimum Gasteiger partial charge on any atom is -0.496 e. The first-order valence-electron chi connectivity index (χ1n) is 7.51. The Morgan fingerprint density at radius 3 is 1.12 bits per heavy atom. The molecule has 0 bridgehead atoms. The van der Waals surface area contributed by atoms with E-state index in [1.165, 1.54) is 0 Å². The molecule has 0 amide bonds. The molecule has 0 aliphatic carbocycles. The highest BCUT2D eigenvalue weighted by molar-refractivity contribution is 5.84. The summed E-state index contributed by atoms with van der Waals surface area (Å²) in [4.78, 5) is 0. The van der Waals surface area contributed by atoms with Gasteiger partial charge in [0.2, 0.25) is 0 Å². The third-order valence-electron chi connectivity index (χ3n) is 3.87. The fourth-order valence-corrected chi connectivity index (χ4v) is 2.61. The van der Waals surface area contributed by atoms with Crippen LogP contribution in [-0.4, -0.2) is 42.5 Å². The zero-order valence-corrected chi connectivity index (χ0v) is 14.9. The van der Waals surface area contributed by atoms with Crippen molar-refractivity contribution in [2.24, 2.45) is 0 Å². The molecular weight excluding hydrogens is 308 g/mol. The van der Waals surface area contributed by atoms with Gasteiger partial charge in [0.05, 0.1) is 39.8 Å². The summed E-state index contributed by atoms with van der Waals surface area (Å²) in [5.41, 5.74) is 3.39. The first-order chi connectivity index (χ1) is 11.6. The van der Waals surface area contributed by atoms with E-state index >= 15 is 0 Å². The second-order valence-corrected chi connectivity index (χ2v) is 5.01. The number of anilines is 2. The van der Waals surface area contributed by atoms with Crippen molar-refractivity contribution in [2.75, 3.05) is 53.2 Å². The van der Waals surface area contributed by atoms with Crippen LogP contribution in [0.3, 0.4) is 0 Å². The molecule has 6 nitrogen and oxygen atoms in total. The lowest BCUT2D eigenvalue weighted by molar-refractivity contribution is 0.401. The molecule has 0 aromatic heterocycles. The van der Waals surface area contributed by atoms with Crippen LogP contribution in [-0.2, 0) is 0 Å². The molecule has 0 heterocycles. The molecule has 6 heteroatoms. The van der Waals surface area contributed by atoms with Crippen LogP contribution in [0.25, 0.3) is 11.1 Å². The van der Waals surface area contributed by atoms with Crippen LogP contribution in [0.1, 0.15) is 0 Å². The van der Waals surface area contributed by atoms with Crippen molar-refractivity contribution in [2.45, 2.75) is 0 Å². The number of rotatable bonds is 7. The van der Waals surface area contributed by atoms with Crippen molar-refractivity contribution >= 4 is 11.4 Å². The molecule has 0 aliphatic rings. The van der Waals surface area contributed by atoms with E-state index in [0.717, 1.165) is 22.5 Å². The van der Waals surface area contributed by atoms with Crippen molar-refractivity contribution in [3.63, 3.8) is 0 Å². The van der Waals surface area contributed by atoms with Gasteiger partial charge in [0.1, 0.15) is 23.0 Å². The molecule has 2 aromatic rings. The van der Waals surface area contributed by atoms with Gasteiger partial charge >= 0.3 is 0 Å². The Morgan fingerprint density at radius 1 is 0.542 bits per heavy atom. The molecule has 0 saturated heterocycles. The average Bonchev–Trinajstić information content (AvgIpc) is 2.65. The van der Waals surface area contributed by atoms with Crippen LogP contribution < -0.4 is 29.6 Å². The molecular formula is C18H24N2O4. The van der Waals surface area contributed by atoms with Gasteiger partial charge in [-0.05, 0) is 12.1 Å². The predicted molar refractivity (Wildman–Crippen MR) is 97.2 cm³/mol. The van der Waals surface area contributed by atoms with E-state index in [0.29, 0.717) is 23.0 Å². The maximum atomic E-state index is 5.56. The summed E-state index contributed by atoms with van der Waals surface area (Å²) >= 11 is 0. The lowest BCUT2D eigenvalue weighted by Gasteiger charge is -2.18. The Kier molecular flexibility index (Phi) is 5.63. The zero-order chi connectivity index (χ0) is 17.7. The molecule has 0 radical (unpaired) electrons. The molecule has 0 spiro atoms. The molecule has 0 fully saturated rings. The van der Waals surface area contributed by atoms with Gasteiger partial charge in [0.25, 0.3) is 0 Å². The van der Waals surface area contributed by atoms with E-state index in [4.69, 9.17) is 18.9 Å². The van der Waals surface area contributed by atoms with Gasteiger partial charge < -0.3 is 29.6 Å². The fourth-order valence-electron chi connectivity index (χ4n) is 2.61. The molecule has 0 unspecified atom stereocenters. The number of benzene rings is 2. The second kappa shape index (κ2) is 7.68. The summed E-state index contributed by atoms with van der Waals surface area (Å²) in [5.74, 6) is 2.84. The van der Waals surface area contributed by atoms with Gasteiger partial charge in [-0.15, -0.1) is 0 Å². The summed E-state index contributed by atoms with van der Waals surface area (Å²) < 4.78 is 22.1. The molecule has 0 atom stereocenters. The third kappa shape index (κ3) is 3.13. The van der Waals surface area contributed by atoms with Gasteiger partial charge in [-0.25, -0.2) is 0 Å². The van der Waals surface area contributed by atoms with Crippen LogP contribution >= 0.6 is 0 Å². The van der Waals surface area contributed by atoms with E-state index < -0.39 is 0 Å². The highest BCUT2D eigenvalue weighted by atomic mass is 16.5. The smallest absolute Gasteiger partial charge is 0.142 e. The van der Waals surface area contributed by atoms with Gasteiger partial charge in [0, 0.05) is 37.4 Å². The molecule has 0 saturated carbocycles. The van der Waals surface area contributed by atoms with E-state index in [-0.39, 0.29) is 0 Å². The number of hydrogen-bond acceptors (Lipinski definition) is 6. The monoisotopic (exact) mass is 332 g/mol. The molecule has 2 aromatic carbocycles. The lowest BCUT2D eigenvalue weighted by Crippen LogP contribution is -2.00. The van der Waals surface area contributed by atoms with Crippen LogP contribution in [0, 0.1) is 0 Å². The maximum Gasteiger partial charge on any atom is 0.142 e. The number of methoxy groups -OCH3 is 4. The first-order valence-corrected chi connectivity index (χ1v) is 7.51. The highest BCUT2D eigenvalue weighted by Gasteiger charge is 2.18. The van der Waals surface area contributed by atoms with Crippen LogP contribution in [0.2, 0.25) is 0 Å². The zero-order valence-electron chi connectivity index (χ0n) is 14.9. The van der Waals surface area contributed by atoms with Gasteiger partial charge in [0.15, 0.2) is 0 Å². The van der Waals surface area contributed by atoms with Gasteiger partial charge in [-0.2, -0.15) is 0 Å². The van der Waals surface area contributed by atoms with E-state index in [1.807, 2.05) is 38.4 Å². The lowest BCUT2D eigenvalue weighted by atomic mass is 10.0. The number of ether oxygens (including phenoxy) is 4. The van der Waals surface area contributed by atoms with Crippen molar-refractivity contribution < 1.29 is 18.9 Å². The Balaban J connectivity index is 2.74. The molecule has 2 rings (SSSR count). The fraction of sp³-hybridized carbons (Fsp3) is 0.333. The number of hydrogen-bond donors (Lipinski definition) is 2. The SMILES string of the molecule is CNc1cc(OC)c(-c2cc(OC)c(NC)cc2OC)cc1OC. The van der Waals surface area contributed by atoms with Crippen molar-refractivity contribution in [1.82, 2.24) is 0 Å². The number of nitrogens with one attached hydrogen (secondary N) is 2. The Labute approximate surface area is 142 Å². The summed E-state index contributed by atoms with van der Waals surface area (Å²) in [5, 5.41) is 6.20. The summed E-state index contributed by atoms with van der Waals surface area (Å²) in [6, 6.07) is 7.63. The second-order valence-electron chi connectivity index (χ2n) is 5.01. The first kappa shape index (κ1) is 17.6. The molecule has 2 N–H and O–H groups in total. The van der Waals surface area contributed by atoms with Crippen LogP contribution in [0.4, 0.5) is 11.4 Å². The average molecular weight is 332 g/mol. The van der Waals surface area contributed by atoms with E-state index in [9.17, 15) is 0 Å². The molecule has 130 valence electrons. The normalized spacial score (nSPS) is 10.1. The van der Waals surface area contributed by atoms with E-state index in [1.54, 1.807) is 28.4 Å². The van der Waals surface area contributed by atoms with Crippen molar-refractivity contribution in [1.29, 1.82) is 0 Å². The van der Waals surface area contributed by atoms with E-state index in [2.05, 4.69) is 10.6 Å². The van der Waals surface area contributed by atoms with Gasteiger partial charge in [-0.1, -0.05) is 0 Å². The maximum absolute atomic E-state index is 5.56. The standard InChI is InChI=1S/C18H24N2O4/c1-19-13-9-15(21-3)11(7-17(13)23-5)12-8-18(24-6)14(20-2)10-16(12)22-4/h7-10,19-20H,1-6H3. The third-order valence-corrected chi connectivity index (χ3v) is 3.87. The van der Waals surface area contributed by atoms with Gasteiger partial charge in [-0.3, -0.25) is 0 Å². The topological polar surface area (TPSA) is 61.0 Å². The Bertz CT molecular complexity index is 655. The van der Waals surface area contributed by atoms with Crippen molar-refractivity contribution in [3.8, 4) is 34.1 Å². The summed E-state index contributed by atoms with van der Waals surface area (Å²) in [7, 11) is 10.2. The largest absolute Gasteiger partial charge is 0.496 e. The Hall–Kier alpha value is -2.76. The highest BCUT2D eigenvalue weighted by Crippen LogP contribution is 2.45.